The van der Waals surface area contributed by atoms with E-state index in [1.807, 2.05) is 6.92 Å². The van der Waals surface area contributed by atoms with E-state index < -0.39 is 11.2 Å². The van der Waals surface area contributed by atoms with Crippen LogP contribution in [0.5, 0.6) is 5.75 Å². The predicted molar refractivity (Wildman–Crippen MR) is 100 cm³/mol. The zero-order valence-electron chi connectivity index (χ0n) is 13.8. The van der Waals surface area contributed by atoms with E-state index >= 15 is 0 Å². The molecule has 0 amide bonds. The topological polar surface area (TPSA) is 31.2 Å². The van der Waals surface area contributed by atoms with Gasteiger partial charge >= 0.3 is 0 Å². The summed E-state index contributed by atoms with van der Waals surface area (Å²) in [6.45, 7) is 2.46. The molecule has 0 saturated heterocycles. The van der Waals surface area contributed by atoms with Crippen molar-refractivity contribution in [1.82, 2.24) is 4.57 Å². The normalized spacial score (nSPS) is 11.1. The molecule has 3 nitrogen and oxygen atoms in total. The molecule has 0 N–H and O–H groups in total. The lowest BCUT2D eigenvalue weighted by Crippen LogP contribution is -2.13. The molecule has 25 heavy (non-hydrogen) atoms. The Morgan fingerprint density at radius 3 is 2.60 bits per heavy atom. The summed E-state index contributed by atoms with van der Waals surface area (Å²) in [5.74, 6) is -0.113. The van der Waals surface area contributed by atoms with Crippen LogP contribution >= 0.6 is 23.2 Å². The van der Waals surface area contributed by atoms with Crippen LogP contribution in [-0.4, -0.2) is 11.2 Å². The number of fused-ring (bicyclic) bond motifs is 1. The molecular formula is C19H16Cl2FNO2. The number of aryl methyl sites for hydroxylation is 1. The van der Waals surface area contributed by atoms with Crippen molar-refractivity contribution in [2.24, 2.45) is 7.05 Å². The minimum absolute atomic E-state index is 0.0142. The third-order valence-electron chi connectivity index (χ3n) is 3.92. The fraction of sp³-hybridized carbons (Fsp3) is 0.211. The summed E-state index contributed by atoms with van der Waals surface area (Å²) < 4.78 is 21.8. The van der Waals surface area contributed by atoms with Crippen LogP contribution in [0, 0.1) is 5.82 Å². The quantitative estimate of drug-likeness (QED) is 0.604. The van der Waals surface area contributed by atoms with Crippen molar-refractivity contribution in [2.75, 3.05) is 6.61 Å². The number of nitrogens with zero attached hydrogens (tertiary/aromatic N) is 1. The first-order chi connectivity index (χ1) is 11.9. The standard InChI is InChI=1S/C19H16Cl2FNO2/c1-3-8-25-16-7-6-15(22)17-18(16)23(2)10-13(19(17)24)12-5-4-11(20)9-14(12)21/h4-7,9-10H,3,8H2,1-2H3. The van der Waals surface area contributed by atoms with E-state index in [0.717, 1.165) is 6.42 Å². The minimum atomic E-state index is -0.591. The van der Waals surface area contributed by atoms with Crippen LogP contribution < -0.4 is 10.2 Å². The second-order valence-corrected chi connectivity index (χ2v) is 6.57. The Morgan fingerprint density at radius 1 is 1.16 bits per heavy atom. The third-order valence-corrected chi connectivity index (χ3v) is 4.47. The fourth-order valence-corrected chi connectivity index (χ4v) is 3.30. The van der Waals surface area contributed by atoms with Crippen molar-refractivity contribution < 1.29 is 9.13 Å². The summed E-state index contributed by atoms with van der Waals surface area (Å²) in [5, 5.41) is 0.787. The van der Waals surface area contributed by atoms with Gasteiger partial charge < -0.3 is 9.30 Å². The van der Waals surface area contributed by atoms with Gasteiger partial charge in [-0.15, -0.1) is 0 Å². The molecule has 0 aliphatic rings. The average molecular weight is 380 g/mol. The highest BCUT2D eigenvalue weighted by molar-refractivity contribution is 6.36. The number of rotatable bonds is 4. The van der Waals surface area contributed by atoms with Crippen LogP contribution in [0.3, 0.4) is 0 Å². The Bertz CT molecular complexity index is 1010. The smallest absolute Gasteiger partial charge is 0.200 e. The SMILES string of the molecule is CCCOc1ccc(F)c2c(=O)c(-c3ccc(Cl)cc3Cl)cn(C)c12. The molecule has 0 radical (unpaired) electrons. The zero-order valence-corrected chi connectivity index (χ0v) is 15.3. The Labute approximate surface area is 154 Å². The van der Waals surface area contributed by atoms with Gasteiger partial charge in [-0.2, -0.15) is 0 Å². The van der Waals surface area contributed by atoms with Crippen molar-refractivity contribution in [3.8, 4) is 16.9 Å². The molecule has 3 aromatic rings. The van der Waals surface area contributed by atoms with E-state index in [4.69, 9.17) is 27.9 Å². The van der Waals surface area contributed by atoms with Crippen molar-refractivity contribution in [1.29, 1.82) is 0 Å². The highest BCUT2D eigenvalue weighted by Crippen LogP contribution is 2.32. The summed E-state index contributed by atoms with van der Waals surface area (Å²) in [6.07, 6.45) is 2.45. The van der Waals surface area contributed by atoms with Crippen LogP contribution in [0.25, 0.3) is 22.0 Å². The molecule has 6 heteroatoms. The maximum atomic E-state index is 14.5. The maximum absolute atomic E-state index is 14.5. The zero-order chi connectivity index (χ0) is 18.1. The molecule has 1 heterocycles. The largest absolute Gasteiger partial charge is 0.491 e. The monoisotopic (exact) mass is 379 g/mol. The summed E-state index contributed by atoms with van der Waals surface area (Å²) in [4.78, 5) is 13.0. The van der Waals surface area contributed by atoms with E-state index in [9.17, 15) is 9.18 Å². The maximum Gasteiger partial charge on any atom is 0.200 e. The summed E-state index contributed by atoms with van der Waals surface area (Å²) in [6, 6.07) is 7.65. The fourth-order valence-electron chi connectivity index (χ4n) is 2.79. The van der Waals surface area contributed by atoms with Gasteiger partial charge in [-0.1, -0.05) is 36.2 Å². The molecule has 0 spiro atoms. The van der Waals surface area contributed by atoms with E-state index in [-0.39, 0.29) is 5.39 Å². The molecule has 0 aliphatic heterocycles. The van der Waals surface area contributed by atoms with Crippen LogP contribution in [0.15, 0.2) is 41.3 Å². The van der Waals surface area contributed by atoms with Gasteiger partial charge in [0.25, 0.3) is 0 Å². The van der Waals surface area contributed by atoms with Gasteiger partial charge in [0, 0.05) is 29.4 Å². The highest BCUT2D eigenvalue weighted by Gasteiger charge is 2.18. The van der Waals surface area contributed by atoms with Gasteiger partial charge in [0.2, 0.25) is 0 Å². The summed E-state index contributed by atoms with van der Waals surface area (Å²) >= 11 is 12.1. The highest BCUT2D eigenvalue weighted by atomic mass is 35.5. The third kappa shape index (κ3) is 3.24. The number of pyridine rings is 1. The van der Waals surface area contributed by atoms with Crippen LogP contribution in [-0.2, 0) is 7.05 Å². The molecule has 1 aromatic heterocycles. The lowest BCUT2D eigenvalue weighted by molar-refractivity contribution is 0.319. The molecule has 3 rings (SSSR count). The molecule has 0 aliphatic carbocycles. The second-order valence-electron chi connectivity index (χ2n) is 5.72. The molecule has 0 fully saturated rings. The van der Waals surface area contributed by atoms with Gasteiger partial charge in [-0.25, -0.2) is 4.39 Å². The predicted octanol–water partition coefficient (Wildman–Crippen LogP) is 5.44. The second kappa shape index (κ2) is 7.06. The molecule has 0 atom stereocenters. The van der Waals surface area contributed by atoms with Crippen LogP contribution in [0.2, 0.25) is 10.0 Å². The molecule has 0 bridgehead atoms. The molecular weight excluding hydrogens is 364 g/mol. The number of hydrogen-bond acceptors (Lipinski definition) is 2. The van der Waals surface area contributed by atoms with Gasteiger partial charge in [-0.3, -0.25) is 4.79 Å². The van der Waals surface area contributed by atoms with Crippen LogP contribution in [0.1, 0.15) is 13.3 Å². The van der Waals surface area contributed by atoms with Gasteiger partial charge in [0.05, 0.1) is 22.5 Å². The van der Waals surface area contributed by atoms with Crippen LogP contribution in [0.4, 0.5) is 4.39 Å². The van der Waals surface area contributed by atoms with E-state index in [2.05, 4.69) is 0 Å². The molecule has 0 unspecified atom stereocenters. The first-order valence-electron chi connectivity index (χ1n) is 7.84. The van der Waals surface area contributed by atoms with Crippen molar-refractivity contribution in [3.05, 3.63) is 62.6 Å². The lowest BCUT2D eigenvalue weighted by Gasteiger charge is -2.15. The van der Waals surface area contributed by atoms with Gasteiger partial charge in [-0.05, 0) is 30.7 Å². The lowest BCUT2D eigenvalue weighted by atomic mass is 10.0. The molecule has 0 saturated carbocycles. The van der Waals surface area contributed by atoms with Gasteiger partial charge in [0.1, 0.15) is 11.6 Å². The number of aromatic nitrogens is 1. The number of hydrogen-bond donors (Lipinski definition) is 0. The van der Waals surface area contributed by atoms with Crippen molar-refractivity contribution in [2.45, 2.75) is 13.3 Å². The first kappa shape index (κ1) is 17.8. The van der Waals surface area contributed by atoms with Crippen molar-refractivity contribution in [3.63, 3.8) is 0 Å². The van der Waals surface area contributed by atoms with E-state index in [1.54, 1.807) is 42.1 Å². The minimum Gasteiger partial charge on any atom is -0.491 e. The Balaban J connectivity index is 2.33. The average Bonchev–Trinajstić information content (AvgIpc) is 2.57. The first-order valence-corrected chi connectivity index (χ1v) is 8.59. The number of halogens is 3. The van der Waals surface area contributed by atoms with E-state index in [0.29, 0.717) is 39.0 Å². The summed E-state index contributed by atoms with van der Waals surface area (Å²) in [7, 11) is 1.74. The summed E-state index contributed by atoms with van der Waals surface area (Å²) in [5.41, 5.74) is 0.806. The number of ether oxygens (including phenoxy) is 1. The Morgan fingerprint density at radius 2 is 1.92 bits per heavy atom. The Hall–Kier alpha value is -2.04. The Kier molecular flexibility index (Phi) is 5.02. The molecule has 130 valence electrons. The number of benzene rings is 2. The molecule has 2 aromatic carbocycles. The van der Waals surface area contributed by atoms with Crippen molar-refractivity contribution >= 4 is 34.1 Å². The van der Waals surface area contributed by atoms with Gasteiger partial charge in [0.15, 0.2) is 5.43 Å². The van der Waals surface area contributed by atoms with E-state index in [1.165, 1.54) is 6.07 Å².